The predicted molar refractivity (Wildman–Crippen MR) is 123 cm³/mol. The van der Waals surface area contributed by atoms with E-state index in [2.05, 4.69) is 5.32 Å². The molecule has 0 saturated carbocycles. The van der Waals surface area contributed by atoms with Gasteiger partial charge in [0.15, 0.2) is 5.54 Å². The highest BCUT2D eigenvalue weighted by Gasteiger charge is 2.68. The maximum absolute atomic E-state index is 14.0. The van der Waals surface area contributed by atoms with E-state index in [1.54, 1.807) is 24.3 Å². The molecule has 33 heavy (non-hydrogen) atoms. The van der Waals surface area contributed by atoms with Crippen LogP contribution in [0.15, 0.2) is 42.5 Å². The molecule has 5 rings (SSSR count). The lowest BCUT2D eigenvalue weighted by Crippen LogP contribution is -2.49. The van der Waals surface area contributed by atoms with Crippen LogP contribution in [-0.4, -0.2) is 51.1 Å². The van der Waals surface area contributed by atoms with Gasteiger partial charge in [0.25, 0.3) is 5.91 Å². The molecule has 0 aromatic heterocycles. The molecule has 0 unspecified atom stereocenters. The van der Waals surface area contributed by atoms with Crippen LogP contribution < -0.4 is 10.2 Å². The lowest BCUT2D eigenvalue weighted by molar-refractivity contribution is -0.138. The fourth-order valence-electron chi connectivity index (χ4n) is 4.84. The summed E-state index contributed by atoms with van der Waals surface area (Å²) in [5.74, 6) is -1.14. The number of aliphatic carboxylic acids is 1. The Kier molecular flexibility index (Phi) is 5.10. The highest BCUT2D eigenvalue weighted by atomic mass is 35.5. The quantitative estimate of drug-likeness (QED) is 0.617. The van der Waals surface area contributed by atoms with E-state index in [4.69, 9.17) is 23.2 Å². The number of halogens is 2. The standard InChI is InChI=1S/C22H16Cl2N4O4S/c23-14-5-15(24)7-16(6-14)28-19(31)22(13-3-1-12(8-25)2-4-13)10-21(11-27(22)20(28)32)26-17(9-33-21)18(29)30/h1-7,17,26H,9-11H2,(H,29,30)/t17-,21-,22-/m0/s1. The molecular weight excluding hydrogens is 487 g/mol. The van der Waals surface area contributed by atoms with Crippen molar-refractivity contribution in [3.63, 3.8) is 0 Å². The second kappa shape index (κ2) is 7.64. The summed E-state index contributed by atoms with van der Waals surface area (Å²) in [6.45, 7) is 0.136. The molecule has 3 amide bonds. The summed E-state index contributed by atoms with van der Waals surface area (Å²) in [6, 6.07) is 11.8. The summed E-state index contributed by atoms with van der Waals surface area (Å²) >= 11 is 13.7. The number of nitriles is 1. The number of hydrogen-bond acceptors (Lipinski definition) is 6. The average Bonchev–Trinajstić information content (AvgIpc) is 3.40. The maximum atomic E-state index is 14.0. The van der Waals surface area contributed by atoms with Crippen LogP contribution in [0.4, 0.5) is 10.5 Å². The third-order valence-corrected chi connectivity index (χ3v) is 8.13. The lowest BCUT2D eigenvalue weighted by Gasteiger charge is -2.29. The Morgan fingerprint density at radius 1 is 1.18 bits per heavy atom. The van der Waals surface area contributed by atoms with Crippen LogP contribution in [0.2, 0.25) is 10.0 Å². The first kappa shape index (κ1) is 22.0. The van der Waals surface area contributed by atoms with Crippen molar-refractivity contribution in [3.8, 4) is 6.07 Å². The number of amides is 3. The lowest BCUT2D eigenvalue weighted by atomic mass is 9.85. The second-order valence-corrected chi connectivity index (χ2v) is 10.5. The summed E-state index contributed by atoms with van der Waals surface area (Å²) < 4.78 is 0. The second-order valence-electron chi connectivity index (χ2n) is 8.20. The number of nitrogens with zero attached hydrogens (tertiary/aromatic N) is 3. The monoisotopic (exact) mass is 502 g/mol. The number of nitrogens with one attached hydrogen (secondary N) is 1. The number of benzene rings is 2. The molecule has 168 valence electrons. The molecule has 3 atom stereocenters. The number of hydrogen-bond donors (Lipinski definition) is 2. The number of carboxylic acids is 1. The Morgan fingerprint density at radius 3 is 2.42 bits per heavy atom. The Hall–Kier alpha value is -2.77. The van der Waals surface area contributed by atoms with Crippen LogP contribution in [0.3, 0.4) is 0 Å². The molecule has 0 radical (unpaired) electrons. The number of fused-ring (bicyclic) bond motifs is 1. The Bertz CT molecular complexity index is 1230. The molecule has 3 aliphatic heterocycles. The van der Waals surface area contributed by atoms with Crippen molar-refractivity contribution in [2.75, 3.05) is 17.2 Å². The summed E-state index contributed by atoms with van der Waals surface area (Å²) in [5, 5.41) is 22.3. The molecular formula is C22H16Cl2N4O4S. The van der Waals surface area contributed by atoms with Crippen LogP contribution in [0, 0.1) is 11.3 Å². The van der Waals surface area contributed by atoms with Gasteiger partial charge in [-0.3, -0.25) is 14.9 Å². The van der Waals surface area contributed by atoms with E-state index in [0.29, 0.717) is 16.9 Å². The number of rotatable bonds is 3. The zero-order valence-electron chi connectivity index (χ0n) is 16.9. The van der Waals surface area contributed by atoms with Gasteiger partial charge in [-0.15, -0.1) is 11.8 Å². The molecule has 11 heteroatoms. The molecule has 3 saturated heterocycles. The number of carbonyl (C=O) groups excluding carboxylic acids is 2. The molecule has 3 fully saturated rings. The first-order chi connectivity index (χ1) is 15.7. The third-order valence-electron chi connectivity index (χ3n) is 6.25. The fraction of sp³-hybridized carbons (Fsp3) is 0.273. The molecule has 3 aliphatic rings. The van der Waals surface area contributed by atoms with Crippen molar-refractivity contribution < 1.29 is 19.5 Å². The first-order valence-electron chi connectivity index (χ1n) is 9.96. The van der Waals surface area contributed by atoms with Gasteiger partial charge in [-0.25, -0.2) is 9.69 Å². The molecule has 1 spiro atoms. The van der Waals surface area contributed by atoms with Gasteiger partial charge in [-0.2, -0.15) is 5.26 Å². The van der Waals surface area contributed by atoms with Crippen molar-refractivity contribution >= 4 is 58.6 Å². The van der Waals surface area contributed by atoms with Crippen LogP contribution in [0.1, 0.15) is 17.5 Å². The van der Waals surface area contributed by atoms with Gasteiger partial charge in [0.05, 0.1) is 28.7 Å². The normalized spacial score (nSPS) is 28.5. The van der Waals surface area contributed by atoms with Crippen LogP contribution in [0.5, 0.6) is 0 Å². The zero-order valence-corrected chi connectivity index (χ0v) is 19.2. The van der Waals surface area contributed by atoms with Gasteiger partial charge < -0.3 is 10.0 Å². The van der Waals surface area contributed by atoms with Crippen molar-refractivity contribution in [1.29, 1.82) is 5.26 Å². The number of carboxylic acid groups (broad SMARTS) is 1. The molecule has 2 N–H and O–H groups in total. The van der Waals surface area contributed by atoms with E-state index in [9.17, 15) is 24.8 Å². The Morgan fingerprint density at radius 2 is 1.85 bits per heavy atom. The number of thioether (sulfide) groups is 1. The van der Waals surface area contributed by atoms with E-state index < -0.39 is 34.4 Å². The average molecular weight is 503 g/mol. The third kappa shape index (κ3) is 3.28. The van der Waals surface area contributed by atoms with Gasteiger partial charge in [-0.1, -0.05) is 35.3 Å². The van der Waals surface area contributed by atoms with Gasteiger partial charge >= 0.3 is 12.0 Å². The van der Waals surface area contributed by atoms with Crippen LogP contribution >= 0.6 is 35.0 Å². The van der Waals surface area contributed by atoms with Crippen LogP contribution in [-0.2, 0) is 15.1 Å². The first-order valence-corrected chi connectivity index (χ1v) is 11.7. The zero-order chi connectivity index (χ0) is 23.5. The van der Waals surface area contributed by atoms with Gasteiger partial charge in [-0.05, 0) is 35.9 Å². The minimum atomic E-state index is -1.37. The molecule has 2 aromatic rings. The topological polar surface area (TPSA) is 114 Å². The summed E-state index contributed by atoms with van der Waals surface area (Å²) in [7, 11) is 0. The minimum absolute atomic E-state index is 0.136. The molecule has 0 aliphatic carbocycles. The number of imide groups is 1. The fourth-order valence-corrected chi connectivity index (χ4v) is 6.82. The van der Waals surface area contributed by atoms with Crippen molar-refractivity contribution in [3.05, 3.63) is 63.6 Å². The summed E-state index contributed by atoms with van der Waals surface area (Å²) in [5.41, 5.74) is -0.139. The van der Waals surface area contributed by atoms with E-state index in [0.717, 1.165) is 4.90 Å². The molecule has 8 nitrogen and oxygen atoms in total. The van der Waals surface area contributed by atoms with E-state index in [-0.39, 0.29) is 28.7 Å². The molecule has 0 bridgehead atoms. The SMILES string of the molecule is N#Cc1ccc([C@]23C[C@]4(CN2C(=O)N(c2cc(Cl)cc(Cl)c2)C3=O)N[C@H](C(=O)O)CS4)cc1. The van der Waals surface area contributed by atoms with Crippen molar-refractivity contribution in [1.82, 2.24) is 10.2 Å². The summed E-state index contributed by atoms with van der Waals surface area (Å²) in [4.78, 5) is 40.9. The number of carbonyl (C=O) groups is 3. The van der Waals surface area contributed by atoms with Crippen molar-refractivity contribution in [2.24, 2.45) is 0 Å². The van der Waals surface area contributed by atoms with Gasteiger partial charge in [0, 0.05) is 22.2 Å². The van der Waals surface area contributed by atoms with Gasteiger partial charge in [0.2, 0.25) is 0 Å². The Labute approximate surface area is 203 Å². The predicted octanol–water partition coefficient (Wildman–Crippen LogP) is 3.42. The van der Waals surface area contributed by atoms with E-state index in [1.165, 1.54) is 34.9 Å². The van der Waals surface area contributed by atoms with E-state index >= 15 is 0 Å². The maximum Gasteiger partial charge on any atom is 0.332 e. The minimum Gasteiger partial charge on any atom is -0.480 e. The largest absolute Gasteiger partial charge is 0.480 e. The number of anilines is 1. The van der Waals surface area contributed by atoms with Crippen LogP contribution in [0.25, 0.3) is 0 Å². The van der Waals surface area contributed by atoms with E-state index in [1.807, 2.05) is 6.07 Å². The Balaban J connectivity index is 1.63. The van der Waals surface area contributed by atoms with Crippen molar-refractivity contribution in [2.45, 2.75) is 22.9 Å². The molecule has 3 heterocycles. The molecule has 2 aromatic carbocycles. The summed E-state index contributed by atoms with van der Waals surface area (Å²) in [6.07, 6.45) is 0.176. The van der Waals surface area contributed by atoms with Gasteiger partial charge in [0.1, 0.15) is 6.04 Å². The highest BCUT2D eigenvalue weighted by Crippen LogP contribution is 2.55. The number of urea groups is 1. The highest BCUT2D eigenvalue weighted by molar-refractivity contribution is 8.01. The smallest absolute Gasteiger partial charge is 0.332 e.